The smallest absolute Gasteiger partial charge is 0.342 e. The number of benzene rings is 2. The zero-order valence-electron chi connectivity index (χ0n) is 11.9. The predicted molar refractivity (Wildman–Crippen MR) is 82.0 cm³/mol. The Morgan fingerprint density at radius 3 is 1.83 bits per heavy atom. The summed E-state index contributed by atoms with van der Waals surface area (Å²) < 4.78 is 0. The van der Waals surface area contributed by atoms with Gasteiger partial charge in [-0.2, -0.15) is 10.2 Å². The van der Waals surface area contributed by atoms with Gasteiger partial charge in [-0.05, 0) is 36.4 Å². The number of rotatable bonds is 5. The molecule has 122 valence electrons. The Morgan fingerprint density at radius 2 is 1.42 bits per heavy atom. The first kappa shape index (κ1) is 16.5. The minimum absolute atomic E-state index is 0.146. The van der Waals surface area contributed by atoms with Crippen molar-refractivity contribution < 1.29 is 24.7 Å². The van der Waals surface area contributed by atoms with Crippen LogP contribution in [-0.4, -0.2) is 27.1 Å². The fourth-order valence-corrected chi connectivity index (χ4v) is 1.86. The van der Waals surface area contributed by atoms with Crippen molar-refractivity contribution in [2.75, 3.05) is 5.73 Å². The highest BCUT2D eigenvalue weighted by molar-refractivity contribution is 6.02. The first-order valence-electron chi connectivity index (χ1n) is 6.36. The summed E-state index contributed by atoms with van der Waals surface area (Å²) in [5.41, 5.74) is 3.68. The van der Waals surface area contributed by atoms with E-state index in [0.29, 0.717) is 11.4 Å². The van der Waals surface area contributed by atoms with E-state index in [-0.39, 0.29) is 5.69 Å². The lowest BCUT2D eigenvalue weighted by molar-refractivity contribution is -0.385. The van der Waals surface area contributed by atoms with E-state index in [1.807, 2.05) is 0 Å². The molecule has 2 rings (SSSR count). The van der Waals surface area contributed by atoms with Crippen molar-refractivity contribution in [3.63, 3.8) is 0 Å². The molecule has 0 saturated heterocycles. The van der Waals surface area contributed by atoms with Gasteiger partial charge in [0.15, 0.2) is 0 Å². The second-order valence-electron chi connectivity index (χ2n) is 4.55. The van der Waals surface area contributed by atoms with Gasteiger partial charge in [0, 0.05) is 5.69 Å². The number of nitrogens with two attached hydrogens (primary N) is 1. The topological polar surface area (TPSA) is 168 Å². The predicted octanol–water partition coefficient (Wildman–Crippen LogP) is 2.99. The minimum atomic E-state index is -1.64. The minimum Gasteiger partial charge on any atom is -0.477 e. The monoisotopic (exact) mass is 330 g/mol. The number of aromatic carboxylic acids is 2. The third-order valence-electron chi connectivity index (χ3n) is 2.91. The number of carboxylic acids is 2. The van der Waals surface area contributed by atoms with E-state index in [1.54, 1.807) is 24.3 Å². The summed E-state index contributed by atoms with van der Waals surface area (Å²) in [6, 6.07) is 7.98. The van der Waals surface area contributed by atoms with Gasteiger partial charge in [0.05, 0.1) is 16.3 Å². The number of carboxylic acid groups (broad SMARTS) is 2. The third-order valence-corrected chi connectivity index (χ3v) is 2.91. The molecule has 2 aromatic carbocycles. The van der Waals surface area contributed by atoms with Gasteiger partial charge in [-0.1, -0.05) is 0 Å². The summed E-state index contributed by atoms with van der Waals surface area (Å²) in [4.78, 5) is 32.3. The number of nitrogens with zero attached hydrogens (tertiary/aromatic N) is 3. The second-order valence-corrected chi connectivity index (χ2v) is 4.55. The van der Waals surface area contributed by atoms with Crippen LogP contribution in [-0.2, 0) is 0 Å². The molecule has 0 amide bonds. The van der Waals surface area contributed by atoms with Gasteiger partial charge in [0.25, 0.3) is 5.69 Å². The van der Waals surface area contributed by atoms with Crippen molar-refractivity contribution in [3.8, 4) is 0 Å². The number of anilines is 1. The van der Waals surface area contributed by atoms with E-state index in [4.69, 9.17) is 15.9 Å². The van der Waals surface area contributed by atoms with Crippen LogP contribution in [0.4, 0.5) is 22.7 Å². The molecule has 24 heavy (non-hydrogen) atoms. The molecule has 0 heterocycles. The highest BCUT2D eigenvalue weighted by atomic mass is 16.6. The van der Waals surface area contributed by atoms with Gasteiger partial charge in [0.1, 0.15) is 11.1 Å². The van der Waals surface area contributed by atoms with Crippen LogP contribution in [0.3, 0.4) is 0 Å². The Kier molecular flexibility index (Phi) is 4.50. The molecule has 0 aromatic heterocycles. The van der Waals surface area contributed by atoms with Crippen molar-refractivity contribution in [3.05, 3.63) is 57.6 Å². The fourth-order valence-electron chi connectivity index (χ4n) is 1.86. The van der Waals surface area contributed by atoms with Crippen molar-refractivity contribution in [1.82, 2.24) is 0 Å². The highest BCUT2D eigenvalue weighted by Gasteiger charge is 2.29. The fraction of sp³-hybridized carbons (Fsp3) is 0. The average molecular weight is 330 g/mol. The lowest BCUT2D eigenvalue weighted by atomic mass is 10.1. The zero-order valence-corrected chi connectivity index (χ0v) is 11.9. The molecule has 2 aromatic rings. The van der Waals surface area contributed by atoms with Crippen LogP contribution in [0, 0.1) is 10.1 Å². The molecule has 10 heteroatoms. The number of nitro benzene ring substituents is 1. The van der Waals surface area contributed by atoms with E-state index in [2.05, 4.69) is 10.2 Å². The molecule has 10 nitrogen and oxygen atoms in total. The van der Waals surface area contributed by atoms with Crippen LogP contribution in [0.25, 0.3) is 0 Å². The molecule has 0 fully saturated rings. The Bertz CT molecular complexity index is 825. The molecule has 0 aliphatic rings. The maximum atomic E-state index is 11.2. The maximum Gasteiger partial charge on any atom is 0.342 e. The van der Waals surface area contributed by atoms with Crippen molar-refractivity contribution in [1.29, 1.82) is 0 Å². The number of carbonyl (C=O) groups is 2. The molecule has 0 unspecified atom stereocenters. The Balaban J connectivity index is 2.55. The average Bonchev–Trinajstić information content (AvgIpc) is 2.53. The number of hydrogen-bond donors (Lipinski definition) is 3. The molecule has 0 bridgehead atoms. The van der Waals surface area contributed by atoms with Crippen LogP contribution in [0.1, 0.15) is 20.7 Å². The number of nitro groups is 1. The van der Waals surface area contributed by atoms with Gasteiger partial charge in [-0.3, -0.25) is 10.1 Å². The molecule has 0 atom stereocenters. The Morgan fingerprint density at radius 1 is 0.958 bits per heavy atom. The van der Waals surface area contributed by atoms with E-state index >= 15 is 0 Å². The van der Waals surface area contributed by atoms with Crippen LogP contribution in [0.15, 0.2) is 46.6 Å². The lowest BCUT2D eigenvalue weighted by Gasteiger charge is -2.03. The molecule has 0 aliphatic carbocycles. The molecule has 0 spiro atoms. The van der Waals surface area contributed by atoms with E-state index in [9.17, 15) is 19.7 Å². The summed E-state index contributed by atoms with van der Waals surface area (Å²) in [5.74, 6) is -3.29. The first-order chi connectivity index (χ1) is 11.3. The first-order valence-corrected chi connectivity index (χ1v) is 6.36. The molecule has 0 radical (unpaired) electrons. The van der Waals surface area contributed by atoms with Gasteiger partial charge >= 0.3 is 11.9 Å². The van der Waals surface area contributed by atoms with Crippen LogP contribution < -0.4 is 5.73 Å². The van der Waals surface area contributed by atoms with Crippen LogP contribution in [0.2, 0.25) is 0 Å². The summed E-state index contributed by atoms with van der Waals surface area (Å²) in [6.07, 6.45) is 0. The zero-order chi connectivity index (χ0) is 17.9. The molecule has 4 N–H and O–H groups in total. The van der Waals surface area contributed by atoms with Gasteiger partial charge in [-0.15, -0.1) is 0 Å². The van der Waals surface area contributed by atoms with Crippen LogP contribution >= 0.6 is 0 Å². The Labute approximate surface area is 134 Å². The van der Waals surface area contributed by atoms with Crippen molar-refractivity contribution >= 4 is 34.7 Å². The van der Waals surface area contributed by atoms with Crippen LogP contribution in [0.5, 0.6) is 0 Å². The summed E-state index contributed by atoms with van der Waals surface area (Å²) >= 11 is 0. The van der Waals surface area contributed by atoms with Gasteiger partial charge in [-0.25, -0.2) is 9.59 Å². The SMILES string of the molecule is Nc1ccc(N=Nc2cc(C(=O)O)c([N+](=O)[O-])c(C(=O)O)c2)cc1. The van der Waals surface area contributed by atoms with Gasteiger partial charge < -0.3 is 15.9 Å². The van der Waals surface area contributed by atoms with E-state index < -0.39 is 33.7 Å². The van der Waals surface area contributed by atoms with E-state index in [1.165, 1.54) is 0 Å². The standard InChI is InChI=1S/C14H10N4O6/c15-7-1-3-8(4-2-7)16-17-9-5-10(13(19)20)12(18(23)24)11(6-9)14(21)22/h1-6H,15H2,(H,19,20)(H,21,22). The lowest BCUT2D eigenvalue weighted by Crippen LogP contribution is -2.09. The molecular formula is C14H10N4O6. The molecular weight excluding hydrogens is 320 g/mol. The van der Waals surface area contributed by atoms with Crippen molar-refractivity contribution in [2.24, 2.45) is 10.2 Å². The Hall–Kier alpha value is -3.82. The maximum absolute atomic E-state index is 11.2. The highest BCUT2D eigenvalue weighted by Crippen LogP contribution is 2.30. The normalized spacial score (nSPS) is 10.7. The molecule has 0 aliphatic heterocycles. The third kappa shape index (κ3) is 3.50. The van der Waals surface area contributed by atoms with Crippen molar-refractivity contribution in [2.45, 2.75) is 0 Å². The number of nitrogen functional groups attached to an aromatic ring is 1. The van der Waals surface area contributed by atoms with Gasteiger partial charge in [0.2, 0.25) is 0 Å². The summed E-state index contributed by atoms with van der Waals surface area (Å²) in [6.45, 7) is 0. The quantitative estimate of drug-likeness (QED) is 0.327. The molecule has 0 saturated carbocycles. The second kappa shape index (κ2) is 6.52. The summed E-state index contributed by atoms with van der Waals surface area (Å²) in [5, 5.41) is 36.7. The number of azo groups is 1. The summed E-state index contributed by atoms with van der Waals surface area (Å²) in [7, 11) is 0. The van der Waals surface area contributed by atoms with E-state index in [0.717, 1.165) is 12.1 Å². The number of hydrogen-bond acceptors (Lipinski definition) is 7. The largest absolute Gasteiger partial charge is 0.477 e.